The van der Waals surface area contributed by atoms with Crippen molar-refractivity contribution in [1.82, 2.24) is 0 Å². The molecule has 4 rings (SSSR count). The van der Waals surface area contributed by atoms with Crippen molar-refractivity contribution in [3.05, 3.63) is 0 Å². The number of carbonyl (C=O) groups excluding carboxylic acids is 1. The molecule has 0 amide bonds. The second kappa shape index (κ2) is 5.38. The topological polar surface area (TPSA) is 26.3 Å². The zero-order chi connectivity index (χ0) is 17.0. The van der Waals surface area contributed by atoms with Gasteiger partial charge in [-0.05, 0) is 75.5 Å². The van der Waals surface area contributed by atoms with E-state index in [1.807, 2.05) is 6.92 Å². The number of ether oxygens (including phenoxy) is 1. The van der Waals surface area contributed by atoms with Crippen molar-refractivity contribution in [2.45, 2.75) is 77.5 Å². The number of hydrogen-bond acceptors (Lipinski definition) is 2. The maximum Gasteiger partial charge on any atom is 0.404 e. The Labute approximate surface area is 136 Å². The van der Waals surface area contributed by atoms with Crippen LogP contribution in [0.25, 0.3) is 0 Å². The van der Waals surface area contributed by atoms with Crippen LogP contribution in [0.1, 0.15) is 65.7 Å². The largest absolute Gasteiger partial charge is 0.458 e. The average Bonchev–Trinajstić information content (AvgIpc) is 2.48. The van der Waals surface area contributed by atoms with Crippen LogP contribution < -0.4 is 0 Å². The third-order valence-electron chi connectivity index (χ3n) is 7.14. The number of esters is 1. The first-order valence-corrected chi connectivity index (χ1v) is 8.96. The van der Waals surface area contributed by atoms with Crippen molar-refractivity contribution < 1.29 is 22.7 Å². The molecular weight excluding hydrogens is 305 g/mol. The van der Waals surface area contributed by atoms with Gasteiger partial charge in [0.2, 0.25) is 0 Å². The zero-order valence-electron chi connectivity index (χ0n) is 14.2. The number of carbonyl (C=O) groups is 1. The highest BCUT2D eigenvalue weighted by Crippen LogP contribution is 2.61. The minimum Gasteiger partial charge on any atom is -0.458 e. The molecule has 0 heterocycles. The summed E-state index contributed by atoms with van der Waals surface area (Å²) in [5.41, 5.74) is -3.06. The number of hydrogen-bond donors (Lipinski definition) is 0. The molecule has 4 bridgehead atoms. The van der Waals surface area contributed by atoms with E-state index < -0.39 is 23.2 Å². The van der Waals surface area contributed by atoms with Crippen LogP contribution in [-0.4, -0.2) is 17.7 Å². The smallest absolute Gasteiger partial charge is 0.404 e. The molecule has 4 aliphatic rings. The summed E-state index contributed by atoms with van der Waals surface area (Å²) in [6.07, 6.45) is 1.11. The van der Waals surface area contributed by atoms with Gasteiger partial charge in [0, 0.05) is 0 Å². The first kappa shape index (κ1) is 17.1. The van der Waals surface area contributed by atoms with Crippen LogP contribution in [0.3, 0.4) is 0 Å². The normalized spacial score (nSPS) is 41.7. The predicted octanol–water partition coefficient (Wildman–Crippen LogP) is 5.11. The fourth-order valence-corrected chi connectivity index (χ4v) is 5.54. The third-order valence-corrected chi connectivity index (χ3v) is 7.14. The molecule has 5 heteroatoms. The standard InChI is InChI=1S/C18H27F3O2/c1-4-16(3,18(19,20)21)15(22)23-17(5-2)13-7-11-6-12(9-13)10-14(17)8-11/h11-14H,4-10H2,1-3H3. The fraction of sp³-hybridized carbons (Fsp3) is 0.944. The zero-order valence-corrected chi connectivity index (χ0v) is 14.2. The molecule has 23 heavy (non-hydrogen) atoms. The van der Waals surface area contributed by atoms with Gasteiger partial charge in [-0.3, -0.25) is 4.79 Å². The number of alkyl halides is 3. The molecule has 4 saturated carbocycles. The van der Waals surface area contributed by atoms with Crippen LogP contribution in [0.2, 0.25) is 0 Å². The molecule has 1 atom stereocenters. The second-order valence-electron chi connectivity index (χ2n) is 8.19. The quantitative estimate of drug-likeness (QED) is 0.669. The van der Waals surface area contributed by atoms with Crippen molar-refractivity contribution in [1.29, 1.82) is 0 Å². The van der Waals surface area contributed by atoms with Gasteiger partial charge in [0.05, 0.1) is 0 Å². The second-order valence-corrected chi connectivity index (χ2v) is 8.19. The molecule has 132 valence electrons. The van der Waals surface area contributed by atoms with Gasteiger partial charge < -0.3 is 4.74 Å². The molecule has 0 radical (unpaired) electrons. The van der Waals surface area contributed by atoms with Gasteiger partial charge in [0.1, 0.15) is 5.60 Å². The van der Waals surface area contributed by atoms with E-state index in [0.717, 1.165) is 32.6 Å². The van der Waals surface area contributed by atoms with Crippen LogP contribution in [0, 0.1) is 29.1 Å². The predicted molar refractivity (Wildman–Crippen MR) is 80.6 cm³/mol. The van der Waals surface area contributed by atoms with Crippen LogP contribution >= 0.6 is 0 Å². The van der Waals surface area contributed by atoms with Gasteiger partial charge in [0.25, 0.3) is 0 Å². The van der Waals surface area contributed by atoms with Crippen molar-refractivity contribution in [3.8, 4) is 0 Å². The SMILES string of the molecule is CCC1(OC(=O)C(C)(CC)C(F)(F)F)C2CC3CC(C2)CC1C3. The van der Waals surface area contributed by atoms with E-state index in [0.29, 0.717) is 18.3 Å². The first-order chi connectivity index (χ1) is 10.7. The molecule has 0 aromatic rings. The summed E-state index contributed by atoms with van der Waals surface area (Å²) in [5.74, 6) is 0.818. The highest BCUT2D eigenvalue weighted by Gasteiger charge is 2.62. The molecular formula is C18H27F3O2. The number of rotatable bonds is 4. The summed E-state index contributed by atoms with van der Waals surface area (Å²) in [5, 5.41) is 0. The van der Waals surface area contributed by atoms with E-state index in [4.69, 9.17) is 4.74 Å². The molecule has 0 N–H and O–H groups in total. The van der Waals surface area contributed by atoms with Crippen molar-refractivity contribution in [3.63, 3.8) is 0 Å². The lowest BCUT2D eigenvalue weighted by Crippen LogP contribution is -2.61. The molecule has 0 aromatic heterocycles. The van der Waals surface area contributed by atoms with Gasteiger partial charge in [-0.25, -0.2) is 0 Å². The maximum atomic E-state index is 13.4. The van der Waals surface area contributed by atoms with Gasteiger partial charge in [-0.15, -0.1) is 0 Å². The van der Waals surface area contributed by atoms with E-state index in [2.05, 4.69) is 0 Å². The Morgan fingerprint density at radius 2 is 1.52 bits per heavy atom. The Hall–Kier alpha value is -0.740. The van der Waals surface area contributed by atoms with Crippen molar-refractivity contribution in [2.75, 3.05) is 0 Å². The monoisotopic (exact) mass is 332 g/mol. The summed E-state index contributed by atoms with van der Waals surface area (Å²) >= 11 is 0. The summed E-state index contributed by atoms with van der Waals surface area (Å²) < 4.78 is 46.0. The molecule has 0 spiro atoms. The lowest BCUT2D eigenvalue weighted by molar-refractivity contribution is -0.256. The Morgan fingerprint density at radius 3 is 1.87 bits per heavy atom. The van der Waals surface area contributed by atoms with E-state index >= 15 is 0 Å². The van der Waals surface area contributed by atoms with Crippen LogP contribution in [0.4, 0.5) is 13.2 Å². The van der Waals surface area contributed by atoms with Crippen molar-refractivity contribution >= 4 is 5.97 Å². The van der Waals surface area contributed by atoms with Gasteiger partial charge in [0.15, 0.2) is 5.41 Å². The Balaban J connectivity index is 1.86. The Bertz CT molecular complexity index is 457. The molecule has 1 unspecified atom stereocenters. The average molecular weight is 332 g/mol. The first-order valence-electron chi connectivity index (χ1n) is 8.96. The summed E-state index contributed by atoms with van der Waals surface area (Å²) in [7, 11) is 0. The Kier molecular flexibility index (Phi) is 4.00. The van der Waals surface area contributed by atoms with E-state index in [1.54, 1.807) is 0 Å². The van der Waals surface area contributed by atoms with Gasteiger partial charge >= 0.3 is 12.1 Å². The molecule has 2 nitrogen and oxygen atoms in total. The molecule has 4 aliphatic carbocycles. The minimum absolute atomic E-state index is 0.252. The van der Waals surface area contributed by atoms with Crippen molar-refractivity contribution in [2.24, 2.45) is 29.1 Å². The summed E-state index contributed by atoms with van der Waals surface area (Å²) in [6, 6.07) is 0. The maximum absolute atomic E-state index is 13.4. The van der Waals surface area contributed by atoms with E-state index in [1.165, 1.54) is 13.3 Å². The van der Waals surface area contributed by atoms with Crippen LogP contribution in [0.5, 0.6) is 0 Å². The molecule has 0 saturated heterocycles. The Morgan fingerprint density at radius 1 is 1.04 bits per heavy atom. The van der Waals surface area contributed by atoms with Gasteiger partial charge in [-0.2, -0.15) is 13.2 Å². The van der Waals surface area contributed by atoms with E-state index in [9.17, 15) is 18.0 Å². The van der Waals surface area contributed by atoms with Crippen LogP contribution in [0.15, 0.2) is 0 Å². The lowest BCUT2D eigenvalue weighted by Gasteiger charge is -2.60. The number of halogens is 3. The highest BCUT2D eigenvalue weighted by molar-refractivity contribution is 5.78. The lowest BCUT2D eigenvalue weighted by atomic mass is 9.49. The molecule has 0 aliphatic heterocycles. The van der Waals surface area contributed by atoms with Crippen LogP contribution in [-0.2, 0) is 9.53 Å². The van der Waals surface area contributed by atoms with E-state index in [-0.39, 0.29) is 18.3 Å². The minimum atomic E-state index is -4.57. The fourth-order valence-electron chi connectivity index (χ4n) is 5.54. The van der Waals surface area contributed by atoms with Gasteiger partial charge in [-0.1, -0.05) is 13.8 Å². The highest BCUT2D eigenvalue weighted by atomic mass is 19.4. The third kappa shape index (κ3) is 2.41. The summed E-state index contributed by atoms with van der Waals surface area (Å²) in [4.78, 5) is 12.6. The molecule has 4 fully saturated rings. The molecule has 0 aromatic carbocycles. The summed E-state index contributed by atoms with van der Waals surface area (Å²) in [6.45, 7) is 4.35.